The Balaban J connectivity index is 0.909. The van der Waals surface area contributed by atoms with Crippen LogP contribution in [0.1, 0.15) is 22.3 Å². The lowest BCUT2D eigenvalue weighted by molar-refractivity contribution is 0.361. The van der Waals surface area contributed by atoms with Crippen LogP contribution in [0.3, 0.4) is 0 Å². The van der Waals surface area contributed by atoms with Crippen molar-refractivity contribution in [2.24, 2.45) is 0 Å². The molecule has 67 heavy (non-hydrogen) atoms. The van der Waals surface area contributed by atoms with E-state index >= 15 is 0 Å². The number of para-hydroxylation sites is 1. The molecule has 11 aromatic rings. The minimum absolute atomic E-state index is 0.559. The Hall–Kier alpha value is -8.93. The number of benzene rings is 10. The van der Waals surface area contributed by atoms with Crippen LogP contribution < -0.4 is 9.47 Å². The van der Waals surface area contributed by atoms with Crippen LogP contribution >= 0.6 is 0 Å². The third kappa shape index (κ3) is 6.20. The topological polar surface area (TPSA) is 57.1 Å². The smallest absolute Gasteiger partial charge is 0.178 e. The molecule has 10 aromatic carbocycles. The predicted molar refractivity (Wildman–Crippen MR) is 268 cm³/mol. The summed E-state index contributed by atoms with van der Waals surface area (Å²) in [6.07, 6.45) is 0. The van der Waals surface area contributed by atoms with Gasteiger partial charge in [-0.2, -0.15) is 0 Å². The van der Waals surface area contributed by atoms with Gasteiger partial charge in [0, 0.05) is 27.8 Å². The average molecular weight is 858 g/mol. The van der Waals surface area contributed by atoms with Gasteiger partial charge in [0.25, 0.3) is 0 Å². The van der Waals surface area contributed by atoms with Crippen LogP contribution in [0, 0.1) is 0 Å². The van der Waals surface area contributed by atoms with E-state index in [-0.39, 0.29) is 0 Å². The second-order valence-electron chi connectivity index (χ2n) is 17.0. The van der Waals surface area contributed by atoms with E-state index < -0.39 is 5.41 Å². The number of hydrogen-bond donors (Lipinski definition) is 0. The third-order valence-electron chi connectivity index (χ3n) is 13.3. The molecule has 2 heterocycles. The molecule has 0 unspecified atom stereocenters. The maximum absolute atomic E-state index is 7.19. The molecule has 0 fully saturated rings. The first-order valence-electron chi connectivity index (χ1n) is 22.6. The Kier molecular flexibility index (Phi) is 9.00. The molecule has 0 amide bonds. The lowest BCUT2D eigenvalue weighted by atomic mass is 9.68. The Morgan fingerprint density at radius 3 is 1.46 bits per heavy atom. The first-order valence-corrected chi connectivity index (χ1v) is 22.6. The van der Waals surface area contributed by atoms with Gasteiger partial charge in [0.2, 0.25) is 0 Å². The molecule has 2 aliphatic rings. The summed E-state index contributed by atoms with van der Waals surface area (Å²) in [5, 5.41) is 2.22. The summed E-state index contributed by atoms with van der Waals surface area (Å²) in [5.41, 5.74) is 13.3. The predicted octanol–water partition coefficient (Wildman–Crippen LogP) is 15.6. The molecule has 1 aromatic heterocycles. The minimum atomic E-state index is -0.559. The average Bonchev–Trinajstić information content (AvgIpc) is 3.72. The van der Waals surface area contributed by atoms with Gasteiger partial charge in [0.1, 0.15) is 0 Å². The highest BCUT2D eigenvalue weighted by Gasteiger charge is 2.48. The van der Waals surface area contributed by atoms with Crippen LogP contribution in [0.15, 0.2) is 237 Å². The number of rotatable bonds is 7. The molecule has 0 N–H and O–H groups in total. The molecule has 314 valence electrons. The van der Waals surface area contributed by atoms with Gasteiger partial charge in [0.15, 0.2) is 40.5 Å². The number of fused-ring (bicyclic) bond motifs is 7. The van der Waals surface area contributed by atoms with E-state index in [2.05, 4.69) is 188 Å². The lowest BCUT2D eigenvalue weighted by Gasteiger charge is -2.34. The van der Waals surface area contributed by atoms with Crippen LogP contribution in [0.5, 0.6) is 23.0 Å². The quantitative estimate of drug-likeness (QED) is 0.160. The highest BCUT2D eigenvalue weighted by Crippen LogP contribution is 2.63. The molecule has 0 spiro atoms. The van der Waals surface area contributed by atoms with Crippen molar-refractivity contribution in [2.75, 3.05) is 0 Å². The zero-order valence-electron chi connectivity index (χ0n) is 36.2. The van der Waals surface area contributed by atoms with E-state index in [1.54, 1.807) is 0 Å². The molecule has 5 heteroatoms. The van der Waals surface area contributed by atoms with Gasteiger partial charge in [-0.25, -0.2) is 15.0 Å². The number of hydrogen-bond acceptors (Lipinski definition) is 5. The first-order chi connectivity index (χ1) is 33.2. The second kappa shape index (κ2) is 15.7. The van der Waals surface area contributed by atoms with E-state index in [0.717, 1.165) is 66.4 Å². The van der Waals surface area contributed by atoms with Gasteiger partial charge in [-0.3, -0.25) is 0 Å². The largest absolute Gasteiger partial charge is 0.449 e. The molecule has 0 saturated carbocycles. The summed E-state index contributed by atoms with van der Waals surface area (Å²) in [6.45, 7) is 0. The van der Waals surface area contributed by atoms with Crippen molar-refractivity contribution in [3.05, 3.63) is 259 Å². The van der Waals surface area contributed by atoms with Crippen molar-refractivity contribution >= 4 is 10.8 Å². The fourth-order valence-corrected chi connectivity index (χ4v) is 10.3. The standard InChI is InChI=1S/C62H39N3O2/c1-5-18-40(19-6-1)46-36-37-50(49-27-14-13-26-48(46)49)61-64-59(42-20-7-2-8-21-42)63-60(65-61)43-34-32-41(33-35-43)47-29-17-31-54-57(47)67-58-55(66-54)39-38-53-56(58)51-28-15-16-30-52(51)62(53,44-22-9-3-10-23-44)45-24-11-4-12-25-45/h1-39H. The van der Waals surface area contributed by atoms with Gasteiger partial charge in [0.05, 0.1) is 5.41 Å². The number of aromatic nitrogens is 3. The summed E-state index contributed by atoms with van der Waals surface area (Å²) >= 11 is 0. The monoisotopic (exact) mass is 857 g/mol. The zero-order valence-corrected chi connectivity index (χ0v) is 36.2. The first kappa shape index (κ1) is 38.5. The van der Waals surface area contributed by atoms with Crippen LogP contribution in [0.2, 0.25) is 0 Å². The number of nitrogens with zero attached hydrogens (tertiary/aromatic N) is 3. The van der Waals surface area contributed by atoms with Crippen molar-refractivity contribution in [2.45, 2.75) is 5.41 Å². The fourth-order valence-electron chi connectivity index (χ4n) is 10.3. The molecule has 1 aliphatic heterocycles. The normalized spacial score (nSPS) is 12.8. The third-order valence-corrected chi connectivity index (χ3v) is 13.3. The van der Waals surface area contributed by atoms with E-state index in [4.69, 9.17) is 24.4 Å². The minimum Gasteiger partial charge on any atom is -0.449 e. The lowest BCUT2D eigenvalue weighted by Crippen LogP contribution is -2.28. The van der Waals surface area contributed by atoms with Gasteiger partial charge in [-0.05, 0) is 73.5 Å². The summed E-state index contributed by atoms with van der Waals surface area (Å²) < 4.78 is 14.0. The van der Waals surface area contributed by atoms with Crippen LogP contribution in [0.4, 0.5) is 0 Å². The summed E-state index contributed by atoms with van der Waals surface area (Å²) in [7, 11) is 0. The van der Waals surface area contributed by atoms with Crippen molar-refractivity contribution in [3.63, 3.8) is 0 Å². The fraction of sp³-hybridized carbons (Fsp3) is 0.0161. The van der Waals surface area contributed by atoms with Crippen molar-refractivity contribution < 1.29 is 9.47 Å². The molecule has 0 saturated heterocycles. The SMILES string of the molecule is c1ccc(-c2nc(-c3ccc(-c4cccc5c4Oc4c(ccc6c4-c4ccccc4C6(c4ccccc4)c4ccccc4)O5)cc3)nc(-c3ccc(-c4ccccc4)c4ccccc34)n2)cc1. The summed E-state index contributed by atoms with van der Waals surface area (Å²) in [6, 6.07) is 82.5. The van der Waals surface area contributed by atoms with E-state index in [1.165, 1.54) is 16.7 Å². The molecule has 0 radical (unpaired) electrons. The Labute approximate surface area is 388 Å². The second-order valence-corrected chi connectivity index (χ2v) is 17.0. The maximum atomic E-state index is 7.19. The van der Waals surface area contributed by atoms with Crippen molar-refractivity contribution in [1.29, 1.82) is 0 Å². The zero-order chi connectivity index (χ0) is 44.3. The summed E-state index contributed by atoms with van der Waals surface area (Å²) in [5.74, 6) is 4.55. The molecule has 1 aliphatic carbocycles. The highest BCUT2D eigenvalue weighted by atomic mass is 16.6. The molecule has 13 rings (SSSR count). The summed E-state index contributed by atoms with van der Waals surface area (Å²) in [4.78, 5) is 15.4. The molecule has 0 bridgehead atoms. The van der Waals surface area contributed by atoms with Gasteiger partial charge in [-0.15, -0.1) is 0 Å². The van der Waals surface area contributed by atoms with Crippen LogP contribution in [0.25, 0.3) is 78.3 Å². The van der Waals surface area contributed by atoms with E-state index in [0.29, 0.717) is 40.5 Å². The Bertz CT molecular complexity index is 3630. The Morgan fingerprint density at radius 1 is 0.284 bits per heavy atom. The van der Waals surface area contributed by atoms with Crippen molar-refractivity contribution in [1.82, 2.24) is 15.0 Å². The van der Waals surface area contributed by atoms with Crippen molar-refractivity contribution in [3.8, 4) is 90.5 Å². The molecule has 0 atom stereocenters. The number of ether oxygens (including phenoxy) is 2. The van der Waals surface area contributed by atoms with E-state index in [9.17, 15) is 0 Å². The molecule has 5 nitrogen and oxygen atoms in total. The van der Waals surface area contributed by atoms with Crippen LogP contribution in [-0.2, 0) is 5.41 Å². The molecular weight excluding hydrogens is 819 g/mol. The Morgan fingerprint density at radius 2 is 0.776 bits per heavy atom. The van der Waals surface area contributed by atoms with Gasteiger partial charge >= 0.3 is 0 Å². The highest BCUT2D eigenvalue weighted by molar-refractivity contribution is 6.04. The van der Waals surface area contributed by atoms with E-state index in [1.807, 2.05) is 48.5 Å². The van der Waals surface area contributed by atoms with Gasteiger partial charge in [-0.1, -0.05) is 218 Å². The van der Waals surface area contributed by atoms with Gasteiger partial charge < -0.3 is 9.47 Å². The molecular formula is C62H39N3O2. The maximum Gasteiger partial charge on any atom is 0.178 e. The van der Waals surface area contributed by atoms with Crippen LogP contribution in [-0.4, -0.2) is 15.0 Å².